The third-order valence-corrected chi connectivity index (χ3v) is 6.18. The number of carbonyl (C=O) groups is 2. The Hall–Kier alpha value is -2.15. The number of carbonyl (C=O) groups excluding carboxylic acids is 2. The van der Waals surface area contributed by atoms with Gasteiger partial charge in [0.15, 0.2) is 5.13 Å². The lowest BCUT2D eigenvalue weighted by molar-refractivity contribution is -0.151. The molecule has 7 heteroatoms. The van der Waals surface area contributed by atoms with Gasteiger partial charge in [-0.25, -0.2) is 9.78 Å². The molecule has 0 saturated carbocycles. The number of para-hydroxylation sites is 1. The van der Waals surface area contributed by atoms with Gasteiger partial charge in [-0.15, -0.1) is 0 Å². The smallest absolute Gasteiger partial charge is 0.331 e. The average molecular weight is 375 g/mol. The van der Waals surface area contributed by atoms with Crippen molar-refractivity contribution in [2.75, 3.05) is 25.1 Å². The maximum absolute atomic E-state index is 12.8. The zero-order valence-corrected chi connectivity index (χ0v) is 16.3. The first-order chi connectivity index (χ1) is 12.5. The van der Waals surface area contributed by atoms with E-state index >= 15 is 0 Å². The van der Waals surface area contributed by atoms with Crippen LogP contribution in [-0.4, -0.2) is 42.6 Å². The topological polar surface area (TPSA) is 71.5 Å². The molecule has 1 aliphatic heterocycles. The number of thiazole rings is 1. The van der Waals surface area contributed by atoms with Crippen LogP contribution in [0.1, 0.15) is 33.1 Å². The quantitative estimate of drug-likeness (QED) is 0.814. The third kappa shape index (κ3) is 3.67. The van der Waals surface area contributed by atoms with Crippen molar-refractivity contribution in [1.29, 1.82) is 0 Å². The first-order valence-electron chi connectivity index (χ1n) is 8.98. The second-order valence-corrected chi connectivity index (χ2v) is 7.92. The Morgan fingerprint density at radius 1 is 1.42 bits per heavy atom. The summed E-state index contributed by atoms with van der Waals surface area (Å²) < 4.78 is 6.00. The molecule has 1 aliphatic rings. The van der Waals surface area contributed by atoms with Crippen LogP contribution in [0.15, 0.2) is 24.3 Å². The number of rotatable bonds is 5. The van der Waals surface area contributed by atoms with Crippen LogP contribution in [0.2, 0.25) is 0 Å². The number of anilines is 1. The summed E-state index contributed by atoms with van der Waals surface area (Å²) in [6.07, 6.45) is 2.23. The van der Waals surface area contributed by atoms with Crippen molar-refractivity contribution >= 4 is 38.6 Å². The van der Waals surface area contributed by atoms with E-state index in [4.69, 9.17) is 9.72 Å². The summed E-state index contributed by atoms with van der Waals surface area (Å²) in [6, 6.07) is 8.06. The summed E-state index contributed by atoms with van der Waals surface area (Å²) >= 11 is 1.65. The fourth-order valence-electron chi connectivity index (χ4n) is 3.24. The predicted octanol–water partition coefficient (Wildman–Crippen LogP) is 2.97. The molecule has 6 nitrogen and oxygen atoms in total. The highest BCUT2D eigenvalue weighted by atomic mass is 32.1. The van der Waals surface area contributed by atoms with E-state index in [1.165, 1.54) is 7.11 Å². The zero-order valence-electron chi connectivity index (χ0n) is 15.4. The van der Waals surface area contributed by atoms with Crippen molar-refractivity contribution in [3.05, 3.63) is 24.3 Å². The number of hydrogen-bond donors (Lipinski definition) is 1. The van der Waals surface area contributed by atoms with E-state index in [-0.39, 0.29) is 11.8 Å². The molecule has 1 saturated heterocycles. The molecule has 140 valence electrons. The van der Waals surface area contributed by atoms with E-state index in [0.717, 1.165) is 34.7 Å². The standard InChI is InChI=1S/C19H25N3O3S/c1-4-19(2,17(24)25-3)21-16(23)13-8-7-11-22(12-13)18-20-14-9-5-6-10-15(14)26-18/h5-6,9-10,13H,4,7-8,11-12H2,1-3H3,(H,21,23)/t13-,19+/m1/s1. The summed E-state index contributed by atoms with van der Waals surface area (Å²) in [5, 5.41) is 3.86. The van der Waals surface area contributed by atoms with Crippen LogP contribution in [0.25, 0.3) is 10.2 Å². The minimum Gasteiger partial charge on any atom is -0.467 e. The molecule has 3 rings (SSSR count). The Morgan fingerprint density at radius 2 is 2.19 bits per heavy atom. The molecule has 26 heavy (non-hydrogen) atoms. The van der Waals surface area contributed by atoms with E-state index in [1.807, 2.05) is 25.1 Å². The van der Waals surface area contributed by atoms with Crippen LogP contribution in [0.4, 0.5) is 5.13 Å². The largest absolute Gasteiger partial charge is 0.467 e. The van der Waals surface area contributed by atoms with E-state index in [0.29, 0.717) is 13.0 Å². The summed E-state index contributed by atoms with van der Waals surface area (Å²) in [6.45, 7) is 5.09. The number of ether oxygens (including phenoxy) is 1. The monoisotopic (exact) mass is 375 g/mol. The number of amides is 1. The number of esters is 1. The van der Waals surface area contributed by atoms with E-state index < -0.39 is 11.5 Å². The molecule has 1 amide bonds. The number of nitrogens with one attached hydrogen (secondary N) is 1. The van der Waals surface area contributed by atoms with Crippen molar-refractivity contribution in [3.63, 3.8) is 0 Å². The number of hydrogen-bond acceptors (Lipinski definition) is 6. The molecule has 1 aromatic carbocycles. The average Bonchev–Trinajstić information content (AvgIpc) is 3.11. The van der Waals surface area contributed by atoms with Crippen LogP contribution in [0.3, 0.4) is 0 Å². The maximum Gasteiger partial charge on any atom is 0.331 e. The van der Waals surface area contributed by atoms with Crippen molar-refractivity contribution in [2.45, 2.75) is 38.6 Å². The van der Waals surface area contributed by atoms with E-state index in [1.54, 1.807) is 18.3 Å². The molecule has 0 spiro atoms. The van der Waals surface area contributed by atoms with E-state index in [9.17, 15) is 9.59 Å². The summed E-state index contributed by atoms with van der Waals surface area (Å²) in [4.78, 5) is 31.7. The van der Waals surface area contributed by atoms with Crippen molar-refractivity contribution in [1.82, 2.24) is 10.3 Å². The zero-order chi connectivity index (χ0) is 18.7. The van der Waals surface area contributed by atoms with E-state index in [2.05, 4.69) is 16.3 Å². The number of benzene rings is 1. The summed E-state index contributed by atoms with van der Waals surface area (Å²) in [5.41, 5.74) is 0.00702. The number of piperidine rings is 1. The second kappa shape index (κ2) is 7.61. The third-order valence-electron chi connectivity index (χ3n) is 5.09. The molecule has 2 aromatic rings. The Balaban J connectivity index is 1.71. The SMILES string of the molecule is CC[C@](C)(NC(=O)[C@@H]1CCCN(c2nc3ccccc3s2)C1)C(=O)OC. The van der Waals surface area contributed by atoms with Gasteiger partial charge in [0.05, 0.1) is 23.2 Å². The Labute approximate surface area is 157 Å². The molecule has 1 N–H and O–H groups in total. The van der Waals surface area contributed by atoms with Gasteiger partial charge in [0.2, 0.25) is 5.91 Å². The fraction of sp³-hybridized carbons (Fsp3) is 0.526. The van der Waals surface area contributed by atoms with Gasteiger partial charge in [-0.3, -0.25) is 4.79 Å². The highest BCUT2D eigenvalue weighted by molar-refractivity contribution is 7.22. The summed E-state index contributed by atoms with van der Waals surface area (Å²) in [5.74, 6) is -0.663. The fourth-order valence-corrected chi connectivity index (χ4v) is 4.24. The molecule has 0 radical (unpaired) electrons. The maximum atomic E-state index is 12.8. The number of fused-ring (bicyclic) bond motifs is 1. The van der Waals surface area contributed by atoms with Gasteiger partial charge in [-0.2, -0.15) is 0 Å². The van der Waals surface area contributed by atoms with Gasteiger partial charge < -0.3 is 15.0 Å². The summed E-state index contributed by atoms with van der Waals surface area (Å²) in [7, 11) is 1.35. The molecular weight excluding hydrogens is 350 g/mol. The van der Waals surface area contributed by atoms with Gasteiger partial charge in [0, 0.05) is 13.1 Å². The lowest BCUT2D eigenvalue weighted by Gasteiger charge is -2.34. The minimum atomic E-state index is -0.982. The molecule has 2 heterocycles. The molecule has 1 aromatic heterocycles. The number of aromatic nitrogens is 1. The molecule has 0 bridgehead atoms. The second-order valence-electron chi connectivity index (χ2n) is 6.92. The minimum absolute atomic E-state index is 0.0921. The van der Waals surface area contributed by atoms with Gasteiger partial charge in [0.25, 0.3) is 0 Å². The van der Waals surface area contributed by atoms with Gasteiger partial charge in [0.1, 0.15) is 5.54 Å². The van der Waals surface area contributed by atoms with Crippen LogP contribution >= 0.6 is 11.3 Å². The Kier molecular flexibility index (Phi) is 5.46. The Bertz CT molecular complexity index is 773. The van der Waals surface area contributed by atoms with Gasteiger partial charge >= 0.3 is 5.97 Å². The number of nitrogens with zero attached hydrogens (tertiary/aromatic N) is 2. The van der Waals surface area contributed by atoms with Gasteiger partial charge in [-0.05, 0) is 38.3 Å². The van der Waals surface area contributed by atoms with Crippen molar-refractivity contribution < 1.29 is 14.3 Å². The van der Waals surface area contributed by atoms with Crippen molar-refractivity contribution in [2.24, 2.45) is 5.92 Å². The van der Waals surface area contributed by atoms with Crippen LogP contribution in [0, 0.1) is 5.92 Å². The van der Waals surface area contributed by atoms with Crippen LogP contribution < -0.4 is 10.2 Å². The molecule has 0 unspecified atom stereocenters. The molecule has 1 fully saturated rings. The first-order valence-corrected chi connectivity index (χ1v) is 9.79. The highest BCUT2D eigenvalue weighted by Crippen LogP contribution is 2.31. The van der Waals surface area contributed by atoms with Crippen LogP contribution in [-0.2, 0) is 14.3 Å². The first kappa shape index (κ1) is 18.6. The lowest BCUT2D eigenvalue weighted by Crippen LogP contribution is -2.55. The molecule has 0 aliphatic carbocycles. The normalized spacial score (nSPS) is 19.8. The lowest BCUT2D eigenvalue weighted by atomic mass is 9.93. The van der Waals surface area contributed by atoms with Gasteiger partial charge in [-0.1, -0.05) is 30.4 Å². The predicted molar refractivity (Wildman–Crippen MR) is 103 cm³/mol. The Morgan fingerprint density at radius 3 is 2.88 bits per heavy atom. The number of methoxy groups -OCH3 is 1. The van der Waals surface area contributed by atoms with Crippen molar-refractivity contribution in [3.8, 4) is 0 Å². The molecular formula is C19H25N3O3S. The highest BCUT2D eigenvalue weighted by Gasteiger charge is 2.37. The molecule has 2 atom stereocenters. The van der Waals surface area contributed by atoms with Crippen LogP contribution in [0.5, 0.6) is 0 Å².